The largest absolute Gasteiger partial charge is 0.409 e. The summed E-state index contributed by atoms with van der Waals surface area (Å²) in [6.45, 7) is 1.89. The zero-order valence-corrected chi connectivity index (χ0v) is 10.4. The van der Waals surface area contributed by atoms with Gasteiger partial charge in [-0.3, -0.25) is 4.79 Å². The van der Waals surface area contributed by atoms with Gasteiger partial charge in [-0.05, 0) is 18.2 Å². The first-order chi connectivity index (χ1) is 8.45. The molecule has 4 N–H and O–H groups in total. The summed E-state index contributed by atoms with van der Waals surface area (Å²) in [6.07, 6.45) is 0. The molecule has 0 heterocycles. The molecule has 0 aliphatic carbocycles. The number of halogens is 2. The third kappa shape index (κ3) is 3.59. The van der Waals surface area contributed by atoms with Gasteiger partial charge >= 0.3 is 0 Å². The molecule has 0 spiro atoms. The summed E-state index contributed by atoms with van der Waals surface area (Å²) in [5.41, 5.74) is 5.61. The fourth-order valence-electron chi connectivity index (χ4n) is 1.19. The molecular formula is C11H13ClFN3O2. The van der Waals surface area contributed by atoms with E-state index in [1.807, 2.05) is 0 Å². The maximum atomic E-state index is 12.9. The summed E-state index contributed by atoms with van der Waals surface area (Å²) >= 11 is 5.57. The SMILES string of the molecule is CC(CNC(=O)c1ccc(F)c(Cl)c1)/C(N)=N/O. The molecule has 0 saturated heterocycles. The lowest BCUT2D eigenvalue weighted by molar-refractivity contribution is 0.0951. The van der Waals surface area contributed by atoms with Gasteiger partial charge in [-0.1, -0.05) is 23.7 Å². The minimum absolute atomic E-state index is 0.0208. The van der Waals surface area contributed by atoms with Gasteiger partial charge in [0.25, 0.3) is 5.91 Å². The second kappa shape index (κ2) is 6.20. The van der Waals surface area contributed by atoms with Crippen LogP contribution in [0.5, 0.6) is 0 Å². The Kier molecular flexibility index (Phi) is 4.91. The second-order valence-corrected chi connectivity index (χ2v) is 4.17. The van der Waals surface area contributed by atoms with Gasteiger partial charge in [0.2, 0.25) is 0 Å². The van der Waals surface area contributed by atoms with Gasteiger partial charge in [0.1, 0.15) is 11.7 Å². The lowest BCUT2D eigenvalue weighted by atomic mass is 10.1. The highest BCUT2D eigenvalue weighted by molar-refractivity contribution is 6.31. The minimum atomic E-state index is -0.585. The molecule has 1 aromatic rings. The number of oxime groups is 1. The summed E-state index contributed by atoms with van der Waals surface area (Å²) in [6, 6.07) is 3.68. The van der Waals surface area contributed by atoms with Crippen LogP contribution in [0, 0.1) is 11.7 Å². The van der Waals surface area contributed by atoms with Crippen molar-refractivity contribution < 1.29 is 14.4 Å². The maximum Gasteiger partial charge on any atom is 0.251 e. The normalized spacial score (nSPS) is 13.2. The van der Waals surface area contributed by atoms with Crippen molar-refractivity contribution in [3.8, 4) is 0 Å². The van der Waals surface area contributed by atoms with E-state index < -0.39 is 11.7 Å². The number of nitrogens with zero attached hydrogens (tertiary/aromatic N) is 1. The number of amides is 1. The summed E-state index contributed by atoms with van der Waals surface area (Å²) in [5.74, 6) is -1.28. The summed E-state index contributed by atoms with van der Waals surface area (Å²) in [7, 11) is 0. The Morgan fingerprint density at radius 3 is 2.89 bits per heavy atom. The molecule has 5 nitrogen and oxygen atoms in total. The molecule has 0 aliphatic rings. The predicted molar refractivity (Wildman–Crippen MR) is 66.3 cm³/mol. The smallest absolute Gasteiger partial charge is 0.251 e. The number of hydrogen-bond acceptors (Lipinski definition) is 3. The number of carbonyl (C=O) groups is 1. The summed E-state index contributed by atoms with van der Waals surface area (Å²) in [4.78, 5) is 11.7. The Morgan fingerprint density at radius 1 is 1.67 bits per heavy atom. The molecule has 1 atom stereocenters. The van der Waals surface area contributed by atoms with Crippen LogP contribution < -0.4 is 11.1 Å². The predicted octanol–water partition coefficient (Wildman–Crippen LogP) is 1.59. The monoisotopic (exact) mass is 273 g/mol. The van der Waals surface area contributed by atoms with Crippen LogP contribution in [-0.4, -0.2) is 23.5 Å². The lowest BCUT2D eigenvalue weighted by Gasteiger charge is -2.11. The van der Waals surface area contributed by atoms with Crippen LogP contribution in [0.15, 0.2) is 23.4 Å². The van der Waals surface area contributed by atoms with Gasteiger partial charge in [0.05, 0.1) is 5.02 Å². The van der Waals surface area contributed by atoms with Gasteiger partial charge in [-0.2, -0.15) is 0 Å². The number of amidine groups is 1. The third-order valence-corrected chi connectivity index (χ3v) is 2.66. The molecule has 1 aromatic carbocycles. The zero-order valence-electron chi connectivity index (χ0n) is 9.65. The van der Waals surface area contributed by atoms with Crippen molar-refractivity contribution in [2.75, 3.05) is 6.54 Å². The number of nitrogens with one attached hydrogen (secondary N) is 1. The van der Waals surface area contributed by atoms with E-state index in [2.05, 4.69) is 10.5 Å². The van der Waals surface area contributed by atoms with Crippen LogP contribution in [0.3, 0.4) is 0 Å². The average molecular weight is 274 g/mol. The van der Waals surface area contributed by atoms with Crippen LogP contribution in [-0.2, 0) is 0 Å². The first-order valence-electron chi connectivity index (χ1n) is 5.16. The molecule has 0 aromatic heterocycles. The molecule has 18 heavy (non-hydrogen) atoms. The summed E-state index contributed by atoms with van der Waals surface area (Å²) < 4.78 is 12.9. The Hall–Kier alpha value is -1.82. The number of rotatable bonds is 4. The molecule has 7 heteroatoms. The van der Waals surface area contributed by atoms with E-state index >= 15 is 0 Å². The Labute approximate surface area is 108 Å². The number of hydrogen-bond donors (Lipinski definition) is 3. The molecule has 98 valence electrons. The fraction of sp³-hybridized carbons (Fsp3) is 0.273. The molecule has 0 radical (unpaired) electrons. The topological polar surface area (TPSA) is 87.7 Å². The molecule has 0 saturated carbocycles. The lowest BCUT2D eigenvalue weighted by Crippen LogP contribution is -2.34. The first-order valence-corrected chi connectivity index (χ1v) is 5.54. The van der Waals surface area contributed by atoms with Crippen molar-refractivity contribution in [3.05, 3.63) is 34.6 Å². The molecule has 0 aliphatic heterocycles. The maximum absolute atomic E-state index is 12.9. The van der Waals surface area contributed by atoms with E-state index in [-0.39, 0.29) is 28.9 Å². The summed E-state index contributed by atoms with van der Waals surface area (Å²) in [5, 5.41) is 13.7. The van der Waals surface area contributed by atoms with E-state index in [0.717, 1.165) is 6.07 Å². The third-order valence-electron chi connectivity index (χ3n) is 2.37. The quantitative estimate of drug-likeness (QED) is 0.337. The Morgan fingerprint density at radius 2 is 2.33 bits per heavy atom. The molecular weight excluding hydrogens is 261 g/mol. The molecule has 0 fully saturated rings. The average Bonchev–Trinajstić information content (AvgIpc) is 2.37. The van der Waals surface area contributed by atoms with Crippen LogP contribution in [0.2, 0.25) is 5.02 Å². The van der Waals surface area contributed by atoms with Crippen molar-refractivity contribution in [1.82, 2.24) is 5.32 Å². The van der Waals surface area contributed by atoms with Crippen molar-refractivity contribution in [1.29, 1.82) is 0 Å². The molecule has 0 bridgehead atoms. The van der Waals surface area contributed by atoms with Crippen molar-refractivity contribution in [2.45, 2.75) is 6.92 Å². The highest BCUT2D eigenvalue weighted by atomic mass is 35.5. The zero-order chi connectivity index (χ0) is 13.7. The number of benzene rings is 1. The van der Waals surface area contributed by atoms with E-state index in [9.17, 15) is 9.18 Å². The van der Waals surface area contributed by atoms with Crippen LogP contribution in [0.1, 0.15) is 17.3 Å². The number of carbonyl (C=O) groups excluding carboxylic acids is 1. The molecule has 1 rings (SSSR count). The van der Waals surface area contributed by atoms with Crippen LogP contribution in [0.4, 0.5) is 4.39 Å². The van der Waals surface area contributed by atoms with E-state index in [4.69, 9.17) is 22.5 Å². The fourth-order valence-corrected chi connectivity index (χ4v) is 1.37. The highest BCUT2D eigenvalue weighted by Crippen LogP contribution is 2.15. The van der Waals surface area contributed by atoms with Gasteiger partial charge in [-0.15, -0.1) is 0 Å². The van der Waals surface area contributed by atoms with Crippen LogP contribution in [0.25, 0.3) is 0 Å². The first kappa shape index (κ1) is 14.2. The van der Waals surface area contributed by atoms with E-state index in [1.165, 1.54) is 12.1 Å². The number of nitrogens with two attached hydrogens (primary N) is 1. The standard InChI is InChI=1S/C11H13ClFN3O2/c1-6(10(14)16-18)5-15-11(17)7-2-3-9(13)8(12)4-7/h2-4,6,18H,5H2,1H3,(H2,14,16)(H,15,17). The van der Waals surface area contributed by atoms with E-state index in [0.29, 0.717) is 0 Å². The molecule has 1 amide bonds. The van der Waals surface area contributed by atoms with Crippen LogP contribution >= 0.6 is 11.6 Å². The van der Waals surface area contributed by atoms with Crippen molar-refractivity contribution >= 4 is 23.3 Å². The van der Waals surface area contributed by atoms with E-state index in [1.54, 1.807) is 6.92 Å². The van der Waals surface area contributed by atoms with Gasteiger partial charge in [0.15, 0.2) is 0 Å². The van der Waals surface area contributed by atoms with Gasteiger partial charge < -0.3 is 16.3 Å². The van der Waals surface area contributed by atoms with Gasteiger partial charge in [-0.25, -0.2) is 4.39 Å². The van der Waals surface area contributed by atoms with Crippen molar-refractivity contribution in [2.24, 2.45) is 16.8 Å². The van der Waals surface area contributed by atoms with Crippen molar-refractivity contribution in [3.63, 3.8) is 0 Å². The highest BCUT2D eigenvalue weighted by Gasteiger charge is 2.12. The minimum Gasteiger partial charge on any atom is -0.409 e. The van der Waals surface area contributed by atoms with Gasteiger partial charge in [0, 0.05) is 18.0 Å². The Bertz CT molecular complexity index is 479. The molecule has 1 unspecified atom stereocenters. The Balaban J connectivity index is 2.63. The second-order valence-electron chi connectivity index (χ2n) is 3.76.